The van der Waals surface area contributed by atoms with E-state index in [1.807, 2.05) is 6.07 Å². The first-order valence-electron chi connectivity index (χ1n) is 8.02. The quantitative estimate of drug-likeness (QED) is 0.699. The number of alkyl halides is 3. The van der Waals surface area contributed by atoms with Gasteiger partial charge in [-0.1, -0.05) is 24.3 Å². The monoisotopic (exact) mass is 385 g/mol. The third-order valence-corrected chi connectivity index (χ3v) is 3.92. The number of halogens is 3. The highest BCUT2D eigenvalue weighted by atomic mass is 19.4. The summed E-state index contributed by atoms with van der Waals surface area (Å²) in [6.07, 6.45) is -4.78. The third kappa shape index (κ3) is 4.15. The number of hydrogen-bond acceptors (Lipinski definition) is 5. The van der Waals surface area contributed by atoms with Crippen LogP contribution in [0.4, 0.5) is 19.0 Å². The molecule has 2 N–H and O–H groups in total. The maximum atomic E-state index is 12.3. The van der Waals surface area contributed by atoms with Gasteiger partial charge in [-0.3, -0.25) is 0 Å². The average Bonchev–Trinajstić information content (AvgIpc) is 2.67. The van der Waals surface area contributed by atoms with Crippen LogP contribution in [0.1, 0.15) is 5.56 Å². The minimum absolute atomic E-state index is 0.0217. The maximum absolute atomic E-state index is 12.3. The summed E-state index contributed by atoms with van der Waals surface area (Å²) in [6, 6.07) is 16.0. The number of ether oxygens (including phenoxy) is 2. The number of nitrogen functional groups attached to an aromatic ring is 1. The van der Waals surface area contributed by atoms with Gasteiger partial charge in [-0.25, -0.2) is 4.98 Å². The molecule has 0 amide bonds. The topological polar surface area (TPSA) is 81.2 Å². The molecule has 142 valence electrons. The Labute approximate surface area is 158 Å². The predicted octanol–water partition coefficient (Wildman–Crippen LogP) is 4.78. The van der Waals surface area contributed by atoms with Crippen LogP contribution in [0.2, 0.25) is 0 Å². The molecule has 0 atom stereocenters. The molecule has 0 saturated heterocycles. The summed E-state index contributed by atoms with van der Waals surface area (Å²) >= 11 is 0. The van der Waals surface area contributed by atoms with Gasteiger partial charge in [0.05, 0.1) is 12.8 Å². The molecular formula is C20H14F3N3O2. The SMILES string of the molecule is COc1cccc(-c2cc(-c3ccc(OC(F)(F)F)cc3)c(C#N)c(N)n2)c1. The molecular weight excluding hydrogens is 371 g/mol. The number of nitriles is 1. The molecule has 0 fully saturated rings. The number of methoxy groups -OCH3 is 1. The van der Waals surface area contributed by atoms with Crippen molar-refractivity contribution in [2.75, 3.05) is 12.8 Å². The minimum Gasteiger partial charge on any atom is -0.497 e. The molecule has 1 aromatic heterocycles. The normalized spacial score (nSPS) is 11.0. The number of pyridine rings is 1. The number of rotatable bonds is 4. The lowest BCUT2D eigenvalue weighted by molar-refractivity contribution is -0.274. The van der Waals surface area contributed by atoms with Crippen molar-refractivity contribution in [3.05, 3.63) is 60.2 Å². The van der Waals surface area contributed by atoms with E-state index in [0.717, 1.165) is 0 Å². The highest BCUT2D eigenvalue weighted by Crippen LogP contribution is 2.33. The van der Waals surface area contributed by atoms with Crippen LogP contribution in [0.5, 0.6) is 11.5 Å². The zero-order valence-electron chi connectivity index (χ0n) is 14.6. The zero-order valence-corrected chi connectivity index (χ0v) is 14.6. The van der Waals surface area contributed by atoms with Crippen molar-refractivity contribution >= 4 is 5.82 Å². The van der Waals surface area contributed by atoms with E-state index in [2.05, 4.69) is 9.72 Å². The van der Waals surface area contributed by atoms with Crippen LogP contribution in [-0.2, 0) is 0 Å². The first-order valence-corrected chi connectivity index (χ1v) is 8.02. The van der Waals surface area contributed by atoms with E-state index < -0.39 is 6.36 Å². The average molecular weight is 385 g/mol. The summed E-state index contributed by atoms with van der Waals surface area (Å²) in [5.41, 5.74) is 8.26. The summed E-state index contributed by atoms with van der Waals surface area (Å²) in [4.78, 5) is 4.27. The van der Waals surface area contributed by atoms with E-state index in [0.29, 0.717) is 28.1 Å². The second kappa shape index (κ2) is 7.48. The lowest BCUT2D eigenvalue weighted by Gasteiger charge is -2.12. The number of benzene rings is 2. The molecule has 0 spiro atoms. The highest BCUT2D eigenvalue weighted by molar-refractivity contribution is 5.80. The minimum atomic E-state index is -4.78. The smallest absolute Gasteiger partial charge is 0.497 e. The van der Waals surface area contributed by atoms with Gasteiger partial charge in [-0.05, 0) is 35.9 Å². The second-order valence-electron chi connectivity index (χ2n) is 5.73. The van der Waals surface area contributed by atoms with Gasteiger partial charge in [-0.2, -0.15) is 5.26 Å². The Bertz CT molecular complexity index is 1040. The molecule has 0 saturated carbocycles. The van der Waals surface area contributed by atoms with Gasteiger partial charge in [0.15, 0.2) is 0 Å². The van der Waals surface area contributed by atoms with Gasteiger partial charge in [0.1, 0.15) is 28.9 Å². The predicted molar refractivity (Wildman–Crippen MR) is 97.5 cm³/mol. The molecule has 3 rings (SSSR count). The Morgan fingerprint density at radius 3 is 2.32 bits per heavy atom. The number of anilines is 1. The van der Waals surface area contributed by atoms with E-state index in [4.69, 9.17) is 10.5 Å². The first kappa shape index (κ1) is 19.0. The van der Waals surface area contributed by atoms with Gasteiger partial charge < -0.3 is 15.2 Å². The van der Waals surface area contributed by atoms with Crippen LogP contribution < -0.4 is 15.2 Å². The summed E-state index contributed by atoms with van der Waals surface area (Å²) < 4.78 is 46.1. The Hall–Kier alpha value is -3.73. The largest absolute Gasteiger partial charge is 0.573 e. The Kier molecular flexibility index (Phi) is 5.09. The van der Waals surface area contributed by atoms with E-state index >= 15 is 0 Å². The zero-order chi connectivity index (χ0) is 20.3. The first-order chi connectivity index (χ1) is 13.3. The van der Waals surface area contributed by atoms with Crippen LogP contribution in [0.25, 0.3) is 22.4 Å². The van der Waals surface area contributed by atoms with Crippen LogP contribution in [0.15, 0.2) is 54.6 Å². The standard InChI is InChI=1S/C20H14F3N3O2/c1-27-15-4-2-3-13(9-15)18-10-16(17(11-24)19(25)26-18)12-5-7-14(8-6-12)28-20(21,22)23/h2-10H,1H3,(H2,25,26). The van der Waals surface area contributed by atoms with Gasteiger partial charge in [0, 0.05) is 11.1 Å². The molecule has 0 aliphatic carbocycles. The molecule has 1 heterocycles. The molecule has 5 nitrogen and oxygen atoms in total. The Balaban J connectivity index is 2.07. The number of aromatic nitrogens is 1. The number of nitrogens with two attached hydrogens (primary N) is 1. The molecule has 28 heavy (non-hydrogen) atoms. The molecule has 3 aromatic rings. The summed E-state index contributed by atoms with van der Waals surface area (Å²) in [5, 5.41) is 9.45. The fourth-order valence-electron chi connectivity index (χ4n) is 2.68. The summed E-state index contributed by atoms with van der Waals surface area (Å²) in [7, 11) is 1.54. The number of nitrogens with zero attached hydrogens (tertiary/aromatic N) is 2. The van der Waals surface area contributed by atoms with Gasteiger partial charge in [0.2, 0.25) is 0 Å². The van der Waals surface area contributed by atoms with Crippen LogP contribution in [0.3, 0.4) is 0 Å². The lowest BCUT2D eigenvalue weighted by Crippen LogP contribution is -2.16. The Morgan fingerprint density at radius 2 is 1.71 bits per heavy atom. The van der Waals surface area contributed by atoms with Crippen molar-refractivity contribution in [2.45, 2.75) is 6.36 Å². The van der Waals surface area contributed by atoms with Crippen LogP contribution >= 0.6 is 0 Å². The van der Waals surface area contributed by atoms with Crippen LogP contribution in [-0.4, -0.2) is 18.5 Å². The molecule has 0 aliphatic heterocycles. The Morgan fingerprint density at radius 1 is 1.00 bits per heavy atom. The van der Waals surface area contributed by atoms with Crippen molar-refractivity contribution in [2.24, 2.45) is 0 Å². The molecule has 0 bridgehead atoms. The lowest BCUT2D eigenvalue weighted by atomic mass is 9.98. The van der Waals surface area contributed by atoms with Gasteiger partial charge >= 0.3 is 6.36 Å². The molecule has 2 aromatic carbocycles. The van der Waals surface area contributed by atoms with Crippen LogP contribution in [0, 0.1) is 11.3 Å². The molecule has 0 radical (unpaired) electrons. The van der Waals surface area contributed by atoms with Crippen molar-refractivity contribution in [3.8, 4) is 40.0 Å². The highest BCUT2D eigenvalue weighted by Gasteiger charge is 2.31. The molecule has 0 aliphatic rings. The second-order valence-corrected chi connectivity index (χ2v) is 5.73. The van der Waals surface area contributed by atoms with E-state index in [1.165, 1.54) is 31.4 Å². The maximum Gasteiger partial charge on any atom is 0.573 e. The third-order valence-electron chi connectivity index (χ3n) is 3.92. The van der Waals surface area contributed by atoms with Crippen molar-refractivity contribution < 1.29 is 22.6 Å². The fourth-order valence-corrected chi connectivity index (χ4v) is 2.68. The van der Waals surface area contributed by atoms with Gasteiger partial charge in [0.25, 0.3) is 0 Å². The van der Waals surface area contributed by atoms with E-state index in [9.17, 15) is 18.4 Å². The van der Waals surface area contributed by atoms with Crippen molar-refractivity contribution in [1.29, 1.82) is 5.26 Å². The van der Waals surface area contributed by atoms with Gasteiger partial charge in [-0.15, -0.1) is 13.2 Å². The summed E-state index contributed by atoms with van der Waals surface area (Å²) in [6.45, 7) is 0. The fraction of sp³-hybridized carbons (Fsp3) is 0.100. The molecule has 8 heteroatoms. The summed E-state index contributed by atoms with van der Waals surface area (Å²) in [5.74, 6) is 0.288. The van der Waals surface area contributed by atoms with E-state index in [-0.39, 0.29) is 17.1 Å². The molecule has 0 unspecified atom stereocenters. The number of hydrogen-bond donors (Lipinski definition) is 1. The van der Waals surface area contributed by atoms with E-state index in [1.54, 1.807) is 30.3 Å². The van der Waals surface area contributed by atoms with Crippen molar-refractivity contribution in [1.82, 2.24) is 4.98 Å². The van der Waals surface area contributed by atoms with Crippen molar-refractivity contribution in [3.63, 3.8) is 0 Å².